The zero-order valence-corrected chi connectivity index (χ0v) is 12.6. The van der Waals surface area contributed by atoms with Crippen molar-refractivity contribution in [3.63, 3.8) is 0 Å². The summed E-state index contributed by atoms with van der Waals surface area (Å²) in [5, 5.41) is 10.1. The first-order chi connectivity index (χ1) is 10.1. The fourth-order valence-corrected chi connectivity index (χ4v) is 3.25. The molecule has 0 aromatic heterocycles. The maximum absolute atomic E-state index is 12.3. The number of carbonyl (C=O) groups is 1. The molecule has 0 aliphatic rings. The third-order valence-corrected chi connectivity index (χ3v) is 4.26. The molecule has 2 aromatic rings. The van der Waals surface area contributed by atoms with Crippen molar-refractivity contribution < 1.29 is 9.90 Å². The van der Waals surface area contributed by atoms with Gasteiger partial charge in [-0.1, -0.05) is 80.9 Å². The van der Waals surface area contributed by atoms with Crippen LogP contribution in [-0.4, -0.2) is 11.1 Å². The summed E-state index contributed by atoms with van der Waals surface area (Å²) in [6, 6.07) is 19.2. The van der Waals surface area contributed by atoms with Crippen LogP contribution in [0.4, 0.5) is 0 Å². The number of benzene rings is 2. The first kappa shape index (κ1) is 15.3. The smallest absolute Gasteiger partial charge is 0.318 e. The van der Waals surface area contributed by atoms with Gasteiger partial charge in [0.25, 0.3) is 0 Å². The van der Waals surface area contributed by atoms with E-state index in [0.29, 0.717) is 0 Å². The van der Waals surface area contributed by atoms with Gasteiger partial charge in [-0.15, -0.1) is 0 Å². The molecule has 2 rings (SSSR count). The summed E-state index contributed by atoms with van der Waals surface area (Å²) in [6.07, 6.45) is 1.84. The SMILES string of the molecule is CCCC(C)C(C(=O)O)(c1ccccc1)c1ccccc1. The quantitative estimate of drug-likeness (QED) is 0.847. The standard InChI is InChI=1S/C19H22O2/c1-3-10-15(2)19(18(20)21,16-11-6-4-7-12-16)17-13-8-5-9-14-17/h4-9,11-15H,3,10H2,1-2H3,(H,20,21). The summed E-state index contributed by atoms with van der Waals surface area (Å²) in [5.74, 6) is -0.759. The van der Waals surface area contributed by atoms with Crippen LogP contribution in [0.2, 0.25) is 0 Å². The predicted octanol–water partition coefficient (Wildman–Crippen LogP) is 4.49. The van der Waals surface area contributed by atoms with Crippen molar-refractivity contribution in [1.82, 2.24) is 0 Å². The maximum atomic E-state index is 12.3. The van der Waals surface area contributed by atoms with Gasteiger partial charge in [0.1, 0.15) is 5.41 Å². The molecule has 110 valence electrons. The van der Waals surface area contributed by atoms with E-state index < -0.39 is 11.4 Å². The minimum atomic E-state index is -0.988. The van der Waals surface area contributed by atoms with Crippen LogP contribution in [0.3, 0.4) is 0 Å². The highest BCUT2D eigenvalue weighted by atomic mass is 16.4. The zero-order valence-electron chi connectivity index (χ0n) is 12.6. The van der Waals surface area contributed by atoms with Gasteiger partial charge in [-0.3, -0.25) is 4.79 Å². The van der Waals surface area contributed by atoms with Crippen LogP contribution in [0.15, 0.2) is 60.7 Å². The van der Waals surface area contributed by atoms with Gasteiger partial charge in [0.15, 0.2) is 0 Å². The molecule has 0 fully saturated rings. The lowest BCUT2D eigenvalue weighted by molar-refractivity contribution is -0.144. The Kier molecular flexibility index (Phi) is 4.79. The van der Waals surface area contributed by atoms with Crippen LogP contribution in [0.1, 0.15) is 37.8 Å². The van der Waals surface area contributed by atoms with Crippen LogP contribution < -0.4 is 0 Å². The van der Waals surface area contributed by atoms with Gasteiger partial charge >= 0.3 is 5.97 Å². The van der Waals surface area contributed by atoms with Gasteiger partial charge in [-0.2, -0.15) is 0 Å². The molecule has 0 aliphatic heterocycles. The Morgan fingerprint density at radius 2 is 1.43 bits per heavy atom. The number of hydrogen-bond acceptors (Lipinski definition) is 1. The van der Waals surface area contributed by atoms with Gasteiger partial charge in [0, 0.05) is 0 Å². The van der Waals surface area contributed by atoms with Gasteiger partial charge in [0.05, 0.1) is 0 Å². The Morgan fingerprint density at radius 3 is 1.76 bits per heavy atom. The molecule has 0 heterocycles. The van der Waals surface area contributed by atoms with E-state index in [2.05, 4.69) is 6.92 Å². The minimum absolute atomic E-state index is 0.0183. The highest BCUT2D eigenvalue weighted by molar-refractivity contribution is 5.86. The normalized spacial score (nSPS) is 12.9. The van der Waals surface area contributed by atoms with E-state index in [1.165, 1.54) is 0 Å². The Morgan fingerprint density at radius 1 is 1.00 bits per heavy atom. The average Bonchev–Trinajstić information content (AvgIpc) is 2.50. The Hall–Kier alpha value is -2.09. The summed E-state index contributed by atoms with van der Waals surface area (Å²) in [4.78, 5) is 12.3. The molecular formula is C19H22O2. The minimum Gasteiger partial charge on any atom is -0.480 e. The molecule has 1 atom stereocenters. The van der Waals surface area contributed by atoms with Crippen LogP contribution in [0.25, 0.3) is 0 Å². The molecule has 0 saturated carbocycles. The van der Waals surface area contributed by atoms with Gasteiger partial charge in [0.2, 0.25) is 0 Å². The molecule has 0 radical (unpaired) electrons. The molecule has 0 aliphatic carbocycles. The molecule has 0 bridgehead atoms. The van der Waals surface area contributed by atoms with Gasteiger partial charge in [-0.25, -0.2) is 0 Å². The number of hydrogen-bond donors (Lipinski definition) is 1. The summed E-state index contributed by atoms with van der Waals surface area (Å²) < 4.78 is 0. The first-order valence-corrected chi connectivity index (χ1v) is 7.48. The molecule has 21 heavy (non-hydrogen) atoms. The summed E-state index contributed by atoms with van der Waals surface area (Å²) in [7, 11) is 0. The van der Waals surface area contributed by atoms with E-state index in [1.807, 2.05) is 67.6 Å². The fraction of sp³-hybridized carbons (Fsp3) is 0.316. The largest absolute Gasteiger partial charge is 0.480 e. The lowest BCUT2D eigenvalue weighted by Crippen LogP contribution is -2.43. The van der Waals surface area contributed by atoms with Crippen molar-refractivity contribution in [3.05, 3.63) is 71.8 Å². The monoisotopic (exact) mass is 282 g/mol. The fourth-order valence-electron chi connectivity index (χ4n) is 3.25. The van der Waals surface area contributed by atoms with Crippen LogP contribution in [-0.2, 0) is 10.2 Å². The predicted molar refractivity (Wildman–Crippen MR) is 85.4 cm³/mol. The molecule has 1 unspecified atom stereocenters. The Bertz CT molecular complexity index is 536. The number of carboxylic acid groups (broad SMARTS) is 1. The molecule has 0 amide bonds. The Labute approximate surface area is 126 Å². The van der Waals surface area contributed by atoms with Gasteiger partial charge in [-0.05, 0) is 23.5 Å². The highest BCUT2D eigenvalue weighted by Crippen LogP contribution is 2.41. The van der Waals surface area contributed by atoms with E-state index in [4.69, 9.17) is 0 Å². The van der Waals surface area contributed by atoms with E-state index >= 15 is 0 Å². The van der Waals surface area contributed by atoms with Crippen LogP contribution in [0.5, 0.6) is 0 Å². The van der Waals surface area contributed by atoms with E-state index in [1.54, 1.807) is 0 Å². The number of carboxylic acids is 1. The molecule has 2 aromatic carbocycles. The lowest BCUT2D eigenvalue weighted by atomic mass is 9.65. The highest BCUT2D eigenvalue weighted by Gasteiger charge is 2.46. The molecule has 0 saturated heterocycles. The lowest BCUT2D eigenvalue weighted by Gasteiger charge is -2.36. The van der Waals surface area contributed by atoms with Crippen LogP contribution in [0, 0.1) is 5.92 Å². The average molecular weight is 282 g/mol. The summed E-state index contributed by atoms with van der Waals surface area (Å²) in [5.41, 5.74) is 0.715. The second-order valence-corrected chi connectivity index (χ2v) is 5.53. The molecule has 2 nitrogen and oxygen atoms in total. The van der Waals surface area contributed by atoms with E-state index in [-0.39, 0.29) is 5.92 Å². The van der Waals surface area contributed by atoms with Crippen molar-refractivity contribution >= 4 is 5.97 Å². The molecule has 1 N–H and O–H groups in total. The van der Waals surface area contributed by atoms with Crippen molar-refractivity contribution in [2.24, 2.45) is 5.92 Å². The van der Waals surface area contributed by atoms with Crippen molar-refractivity contribution in [2.45, 2.75) is 32.1 Å². The summed E-state index contributed by atoms with van der Waals surface area (Å²) >= 11 is 0. The number of aliphatic carboxylic acids is 1. The molecule has 2 heteroatoms. The van der Waals surface area contributed by atoms with Gasteiger partial charge < -0.3 is 5.11 Å². The Balaban J connectivity index is 2.69. The second kappa shape index (κ2) is 6.57. The first-order valence-electron chi connectivity index (χ1n) is 7.48. The third kappa shape index (κ3) is 2.71. The topological polar surface area (TPSA) is 37.3 Å². The van der Waals surface area contributed by atoms with E-state index in [9.17, 15) is 9.90 Å². The maximum Gasteiger partial charge on any atom is 0.318 e. The van der Waals surface area contributed by atoms with Crippen molar-refractivity contribution in [3.8, 4) is 0 Å². The summed E-state index contributed by atoms with van der Waals surface area (Å²) in [6.45, 7) is 4.14. The second-order valence-electron chi connectivity index (χ2n) is 5.53. The third-order valence-electron chi connectivity index (χ3n) is 4.26. The number of rotatable bonds is 6. The van der Waals surface area contributed by atoms with Crippen molar-refractivity contribution in [2.75, 3.05) is 0 Å². The van der Waals surface area contributed by atoms with Crippen LogP contribution >= 0.6 is 0 Å². The van der Waals surface area contributed by atoms with E-state index in [0.717, 1.165) is 24.0 Å². The molecular weight excluding hydrogens is 260 g/mol. The zero-order chi connectivity index (χ0) is 15.3. The van der Waals surface area contributed by atoms with Crippen molar-refractivity contribution in [1.29, 1.82) is 0 Å². The molecule has 0 spiro atoms.